The van der Waals surface area contributed by atoms with E-state index in [1.807, 2.05) is 6.07 Å². The molecule has 1 aliphatic rings. The van der Waals surface area contributed by atoms with Crippen LogP contribution in [0.5, 0.6) is 17.2 Å². The van der Waals surface area contributed by atoms with Crippen LogP contribution < -0.4 is 10.1 Å². The zero-order valence-corrected chi connectivity index (χ0v) is 19.6. The van der Waals surface area contributed by atoms with Crippen LogP contribution in [0.25, 0.3) is 0 Å². The van der Waals surface area contributed by atoms with Gasteiger partial charge in [-0.1, -0.05) is 25.4 Å². The molecule has 1 saturated heterocycles. The summed E-state index contributed by atoms with van der Waals surface area (Å²) in [6.45, 7) is 8.92. The molecule has 0 bridgehead atoms. The van der Waals surface area contributed by atoms with E-state index < -0.39 is 11.9 Å². The molecule has 0 saturated carbocycles. The number of halogens is 1. The Labute approximate surface area is 193 Å². The van der Waals surface area contributed by atoms with Gasteiger partial charge < -0.3 is 19.9 Å². The van der Waals surface area contributed by atoms with Crippen LogP contribution in [0.15, 0.2) is 30.3 Å². The van der Waals surface area contributed by atoms with Crippen molar-refractivity contribution in [3.05, 3.63) is 46.5 Å². The summed E-state index contributed by atoms with van der Waals surface area (Å²) in [5, 5.41) is 13.1. The van der Waals surface area contributed by atoms with Gasteiger partial charge in [-0.15, -0.1) is 0 Å². The van der Waals surface area contributed by atoms with Crippen LogP contribution in [-0.4, -0.2) is 42.1 Å². The van der Waals surface area contributed by atoms with Crippen molar-refractivity contribution >= 4 is 29.2 Å². The highest BCUT2D eigenvalue weighted by Crippen LogP contribution is 2.37. The fraction of sp³-hybridized carbons (Fsp3) is 0.417. The smallest absolute Gasteiger partial charge is 0.396 e. The van der Waals surface area contributed by atoms with Crippen molar-refractivity contribution in [3.8, 4) is 17.2 Å². The molecule has 0 spiro atoms. The van der Waals surface area contributed by atoms with Gasteiger partial charge in [-0.2, -0.15) is 0 Å². The molecule has 2 N–H and O–H groups in total. The summed E-state index contributed by atoms with van der Waals surface area (Å²) in [7, 11) is 1.13. The van der Waals surface area contributed by atoms with Gasteiger partial charge in [0.05, 0.1) is 12.1 Å². The maximum Gasteiger partial charge on any atom is 0.396 e. The second-order valence-electron chi connectivity index (χ2n) is 8.92. The van der Waals surface area contributed by atoms with Crippen LogP contribution in [0.3, 0.4) is 0 Å². The maximum atomic E-state index is 11.7. The van der Waals surface area contributed by atoms with Gasteiger partial charge in [0.1, 0.15) is 17.2 Å². The minimum Gasteiger partial charge on any atom is -0.508 e. The zero-order chi connectivity index (χ0) is 23.5. The maximum absolute atomic E-state index is 11.7. The molecule has 0 radical (unpaired) electrons. The molecule has 1 aliphatic heterocycles. The number of amides is 1. The number of nitrogens with one attached hydrogen (secondary N) is 1. The van der Waals surface area contributed by atoms with Gasteiger partial charge in [-0.3, -0.25) is 9.69 Å². The molecule has 7 nitrogen and oxygen atoms in total. The largest absolute Gasteiger partial charge is 0.508 e. The number of likely N-dealkylation sites (tertiary alicyclic amines) is 1. The first-order valence-electron chi connectivity index (χ1n) is 10.5. The number of anilines is 1. The Morgan fingerprint density at radius 3 is 2.66 bits per heavy atom. The number of rotatable bonds is 5. The Morgan fingerprint density at radius 2 is 2.00 bits per heavy atom. The van der Waals surface area contributed by atoms with Gasteiger partial charge in [0.2, 0.25) is 0 Å². The van der Waals surface area contributed by atoms with Crippen molar-refractivity contribution in [1.29, 1.82) is 0 Å². The molecule has 0 unspecified atom stereocenters. The summed E-state index contributed by atoms with van der Waals surface area (Å²) in [5.41, 5.74) is 2.08. The summed E-state index contributed by atoms with van der Waals surface area (Å²) >= 11 is 6.39. The molecule has 32 heavy (non-hydrogen) atoms. The molecule has 1 amide bonds. The lowest BCUT2D eigenvalue weighted by molar-refractivity contribution is -0.150. The monoisotopic (exact) mass is 460 g/mol. The van der Waals surface area contributed by atoms with Gasteiger partial charge in [-0.25, -0.2) is 4.79 Å². The topological polar surface area (TPSA) is 88.1 Å². The van der Waals surface area contributed by atoms with Crippen LogP contribution in [0.4, 0.5) is 5.69 Å². The minimum absolute atomic E-state index is 0.226. The van der Waals surface area contributed by atoms with Crippen molar-refractivity contribution < 1.29 is 24.2 Å². The van der Waals surface area contributed by atoms with Crippen LogP contribution >= 0.6 is 11.6 Å². The van der Waals surface area contributed by atoms with E-state index in [9.17, 15) is 14.7 Å². The van der Waals surface area contributed by atoms with E-state index in [1.54, 1.807) is 25.1 Å². The molecule has 0 aliphatic carbocycles. The number of nitrogens with zero attached hydrogens (tertiary/aromatic N) is 1. The normalized spacial score (nSPS) is 15.8. The average molecular weight is 461 g/mol. The quantitative estimate of drug-likeness (QED) is 0.488. The van der Waals surface area contributed by atoms with Crippen molar-refractivity contribution in [2.75, 3.05) is 25.5 Å². The zero-order valence-electron chi connectivity index (χ0n) is 18.8. The SMILES string of the molecule is COC(=O)C(=O)Nc1cc(C)c(Oc2ccc(O)c(CN3CCCC(C)(C)C3)c2)c(Cl)c1. The molecule has 0 aromatic heterocycles. The van der Waals surface area contributed by atoms with E-state index >= 15 is 0 Å². The molecule has 2 aromatic carbocycles. The lowest BCUT2D eigenvalue weighted by Crippen LogP contribution is -2.39. The number of aryl methyl sites for hydroxylation is 1. The Kier molecular flexibility index (Phi) is 7.31. The number of ether oxygens (including phenoxy) is 2. The summed E-state index contributed by atoms with van der Waals surface area (Å²) in [4.78, 5) is 25.4. The first kappa shape index (κ1) is 23.9. The summed E-state index contributed by atoms with van der Waals surface area (Å²) in [6.07, 6.45) is 2.34. The highest BCUT2D eigenvalue weighted by atomic mass is 35.5. The molecule has 8 heteroatoms. The van der Waals surface area contributed by atoms with E-state index in [0.717, 1.165) is 32.2 Å². The molecule has 0 atom stereocenters. The lowest BCUT2D eigenvalue weighted by Gasteiger charge is -2.38. The van der Waals surface area contributed by atoms with Crippen LogP contribution in [0.1, 0.15) is 37.8 Å². The van der Waals surface area contributed by atoms with Gasteiger partial charge in [0.15, 0.2) is 0 Å². The molecular weight excluding hydrogens is 432 g/mol. The van der Waals surface area contributed by atoms with Crippen LogP contribution in [0, 0.1) is 12.3 Å². The fourth-order valence-electron chi connectivity index (χ4n) is 4.00. The average Bonchev–Trinajstić information content (AvgIpc) is 2.71. The van der Waals surface area contributed by atoms with Crippen molar-refractivity contribution in [2.45, 2.75) is 40.2 Å². The number of carbonyl (C=O) groups excluding carboxylic acids is 2. The summed E-state index contributed by atoms with van der Waals surface area (Å²) in [5.74, 6) is -0.679. The third-order valence-corrected chi connectivity index (χ3v) is 5.78. The Hall–Kier alpha value is -2.77. The Bertz CT molecular complexity index is 998. The number of carbonyl (C=O) groups is 2. The molecule has 3 rings (SSSR count). The van der Waals surface area contributed by atoms with Gasteiger partial charge >= 0.3 is 11.9 Å². The molecular formula is C24H29ClN2O5. The van der Waals surface area contributed by atoms with E-state index in [2.05, 4.69) is 28.8 Å². The van der Waals surface area contributed by atoms with Gasteiger partial charge in [-0.05, 0) is 67.6 Å². The number of phenols is 1. The molecule has 172 valence electrons. The number of phenolic OH excluding ortho intramolecular Hbond substituents is 1. The molecule has 2 aromatic rings. The standard InChI is InChI=1S/C24H29ClN2O5/c1-15-10-17(26-22(29)23(30)31-4)12-19(25)21(15)32-18-6-7-20(28)16(11-18)13-27-9-5-8-24(2,3)14-27/h6-7,10-12,28H,5,8-9,13-14H2,1-4H3,(H,26,29). The molecule has 1 heterocycles. The number of benzene rings is 2. The van der Waals surface area contributed by atoms with E-state index in [1.165, 1.54) is 12.5 Å². The number of methoxy groups -OCH3 is 1. The fourth-order valence-corrected chi connectivity index (χ4v) is 4.30. The number of hydrogen-bond acceptors (Lipinski definition) is 6. The number of esters is 1. The Morgan fingerprint density at radius 1 is 1.25 bits per heavy atom. The first-order chi connectivity index (χ1) is 15.1. The predicted molar refractivity (Wildman–Crippen MR) is 123 cm³/mol. The minimum atomic E-state index is -0.993. The van der Waals surface area contributed by atoms with Crippen LogP contribution in [-0.2, 0) is 20.9 Å². The van der Waals surface area contributed by atoms with Crippen molar-refractivity contribution in [1.82, 2.24) is 4.90 Å². The second-order valence-corrected chi connectivity index (χ2v) is 9.33. The second kappa shape index (κ2) is 9.79. The third kappa shape index (κ3) is 5.93. The van der Waals surface area contributed by atoms with Crippen LogP contribution in [0.2, 0.25) is 5.02 Å². The van der Waals surface area contributed by atoms with Gasteiger partial charge in [0, 0.05) is 24.3 Å². The number of hydrogen-bond donors (Lipinski definition) is 2. The number of piperidine rings is 1. The summed E-state index contributed by atoms with van der Waals surface area (Å²) in [6, 6.07) is 8.27. The predicted octanol–water partition coefficient (Wildman–Crippen LogP) is 4.88. The van der Waals surface area contributed by atoms with E-state index in [4.69, 9.17) is 16.3 Å². The summed E-state index contributed by atoms with van der Waals surface area (Å²) < 4.78 is 10.4. The molecule has 1 fully saturated rings. The Balaban J connectivity index is 1.76. The van der Waals surface area contributed by atoms with Crippen molar-refractivity contribution in [3.63, 3.8) is 0 Å². The van der Waals surface area contributed by atoms with Crippen molar-refractivity contribution in [2.24, 2.45) is 5.41 Å². The lowest BCUT2D eigenvalue weighted by atomic mass is 9.84. The highest BCUT2D eigenvalue weighted by Gasteiger charge is 2.26. The van der Waals surface area contributed by atoms with Gasteiger partial charge in [0.25, 0.3) is 0 Å². The first-order valence-corrected chi connectivity index (χ1v) is 10.9. The number of aromatic hydroxyl groups is 1. The van der Waals surface area contributed by atoms with E-state index in [-0.39, 0.29) is 16.2 Å². The highest BCUT2D eigenvalue weighted by molar-refractivity contribution is 6.37. The van der Waals surface area contributed by atoms with E-state index in [0.29, 0.717) is 29.3 Å². The third-order valence-electron chi connectivity index (χ3n) is 5.50.